The van der Waals surface area contributed by atoms with Crippen LogP contribution in [0.3, 0.4) is 0 Å². The Morgan fingerprint density at radius 3 is 2.53 bits per heavy atom. The Balaban J connectivity index is 2.88. The van der Waals surface area contributed by atoms with E-state index in [1.807, 2.05) is 6.92 Å². The first-order valence-electron chi connectivity index (χ1n) is 6.25. The summed E-state index contributed by atoms with van der Waals surface area (Å²) in [6, 6.07) is 4.82. The van der Waals surface area contributed by atoms with Crippen molar-refractivity contribution < 1.29 is 4.79 Å². The first-order valence-corrected chi connectivity index (χ1v) is 7.00. The van der Waals surface area contributed by atoms with Crippen LogP contribution < -0.4 is 11.1 Å². The first kappa shape index (κ1) is 16.3. The van der Waals surface area contributed by atoms with Gasteiger partial charge in [0, 0.05) is 17.1 Å². The molecule has 1 atom stereocenters. The summed E-state index contributed by atoms with van der Waals surface area (Å²) in [5.74, 6) is 0.213. The predicted octanol–water partition coefficient (Wildman–Crippen LogP) is 3.49. The molecule has 0 spiro atoms. The summed E-state index contributed by atoms with van der Waals surface area (Å²) >= 11 is 11.8. The van der Waals surface area contributed by atoms with Crippen LogP contribution in [0.2, 0.25) is 10.0 Å². The zero-order valence-corrected chi connectivity index (χ0v) is 13.0. The highest BCUT2D eigenvalue weighted by molar-refractivity contribution is 6.36. The highest BCUT2D eigenvalue weighted by Crippen LogP contribution is 2.22. The number of hydrogen-bond donors (Lipinski definition) is 2. The Kier molecular flexibility index (Phi) is 5.65. The molecule has 0 aliphatic heterocycles. The molecule has 1 aromatic carbocycles. The van der Waals surface area contributed by atoms with E-state index in [4.69, 9.17) is 28.9 Å². The number of benzene rings is 1. The van der Waals surface area contributed by atoms with Crippen molar-refractivity contribution in [2.24, 2.45) is 11.7 Å². The topological polar surface area (TPSA) is 55.1 Å². The third-order valence-corrected chi connectivity index (χ3v) is 3.45. The van der Waals surface area contributed by atoms with Crippen molar-refractivity contribution in [1.29, 1.82) is 0 Å². The molecule has 0 bridgehead atoms. The fourth-order valence-corrected chi connectivity index (χ4v) is 2.60. The minimum Gasteiger partial charge on any atom is -0.346 e. The van der Waals surface area contributed by atoms with Gasteiger partial charge >= 0.3 is 0 Å². The normalized spacial score (nSPS) is 14.3. The highest BCUT2D eigenvalue weighted by Gasteiger charge is 2.27. The lowest BCUT2D eigenvalue weighted by Gasteiger charge is -2.31. The van der Waals surface area contributed by atoms with Crippen LogP contribution in [-0.4, -0.2) is 18.0 Å². The molecule has 0 heterocycles. The Hall–Kier alpha value is -0.770. The van der Waals surface area contributed by atoms with E-state index >= 15 is 0 Å². The number of halogens is 2. The average Bonchev–Trinajstić information content (AvgIpc) is 2.27. The van der Waals surface area contributed by atoms with Crippen LogP contribution >= 0.6 is 23.2 Å². The lowest BCUT2D eigenvalue weighted by molar-refractivity contribution is 0.0898. The third-order valence-electron chi connectivity index (χ3n) is 2.90. The maximum Gasteiger partial charge on any atom is 0.253 e. The predicted molar refractivity (Wildman–Crippen MR) is 80.8 cm³/mol. The van der Waals surface area contributed by atoms with E-state index in [0.717, 1.165) is 6.42 Å². The molecule has 0 saturated heterocycles. The van der Waals surface area contributed by atoms with Crippen LogP contribution in [0.4, 0.5) is 0 Å². The number of carbonyl (C=O) groups is 1. The second-order valence-electron chi connectivity index (χ2n) is 5.44. The third kappa shape index (κ3) is 4.68. The molecule has 19 heavy (non-hydrogen) atoms. The second kappa shape index (κ2) is 6.60. The van der Waals surface area contributed by atoms with Crippen LogP contribution in [0.25, 0.3) is 0 Å². The number of rotatable bonds is 5. The van der Waals surface area contributed by atoms with E-state index < -0.39 is 5.54 Å². The molecule has 1 amide bonds. The molecule has 1 rings (SSSR count). The lowest BCUT2D eigenvalue weighted by atomic mass is 9.90. The second-order valence-corrected chi connectivity index (χ2v) is 6.28. The van der Waals surface area contributed by atoms with E-state index in [1.165, 1.54) is 0 Å². The van der Waals surface area contributed by atoms with Gasteiger partial charge in [0.2, 0.25) is 0 Å². The van der Waals surface area contributed by atoms with Crippen LogP contribution in [0, 0.1) is 5.92 Å². The van der Waals surface area contributed by atoms with Gasteiger partial charge in [-0.1, -0.05) is 37.0 Å². The quantitative estimate of drug-likeness (QED) is 0.875. The molecule has 1 unspecified atom stereocenters. The Morgan fingerprint density at radius 1 is 1.42 bits per heavy atom. The van der Waals surface area contributed by atoms with Crippen molar-refractivity contribution in [3.63, 3.8) is 0 Å². The van der Waals surface area contributed by atoms with Gasteiger partial charge in [-0.3, -0.25) is 4.79 Å². The van der Waals surface area contributed by atoms with E-state index in [-0.39, 0.29) is 5.91 Å². The molecule has 5 heteroatoms. The Labute approximate surface area is 124 Å². The fraction of sp³-hybridized carbons (Fsp3) is 0.500. The van der Waals surface area contributed by atoms with Crippen molar-refractivity contribution >= 4 is 29.1 Å². The molecule has 106 valence electrons. The van der Waals surface area contributed by atoms with Gasteiger partial charge in [-0.25, -0.2) is 0 Å². The van der Waals surface area contributed by atoms with Gasteiger partial charge in [-0.15, -0.1) is 0 Å². The van der Waals surface area contributed by atoms with E-state index in [1.54, 1.807) is 18.2 Å². The van der Waals surface area contributed by atoms with Crippen molar-refractivity contribution in [3.8, 4) is 0 Å². The molecule has 1 aromatic rings. The molecule has 0 aliphatic rings. The molecular formula is C14H20Cl2N2O. The van der Waals surface area contributed by atoms with Gasteiger partial charge < -0.3 is 11.1 Å². The Bertz CT molecular complexity index is 463. The number of nitrogens with one attached hydrogen (secondary N) is 1. The lowest BCUT2D eigenvalue weighted by Crippen LogP contribution is -2.52. The minimum absolute atomic E-state index is 0.227. The summed E-state index contributed by atoms with van der Waals surface area (Å²) in [6.45, 7) is 6.50. The van der Waals surface area contributed by atoms with E-state index in [2.05, 4.69) is 19.2 Å². The van der Waals surface area contributed by atoms with Gasteiger partial charge in [0.1, 0.15) is 0 Å². The monoisotopic (exact) mass is 302 g/mol. The molecule has 0 saturated carbocycles. The smallest absolute Gasteiger partial charge is 0.253 e. The van der Waals surface area contributed by atoms with Gasteiger partial charge in [0.05, 0.1) is 10.6 Å². The minimum atomic E-state index is -0.436. The summed E-state index contributed by atoms with van der Waals surface area (Å²) in [4.78, 5) is 12.2. The summed E-state index contributed by atoms with van der Waals surface area (Å²) in [6.07, 6.45) is 0.806. The summed E-state index contributed by atoms with van der Waals surface area (Å²) in [5, 5.41) is 3.81. The molecule has 0 fully saturated rings. The van der Waals surface area contributed by atoms with Crippen molar-refractivity contribution in [1.82, 2.24) is 5.32 Å². The molecule has 0 aromatic heterocycles. The first-order chi connectivity index (χ1) is 8.77. The zero-order valence-electron chi connectivity index (χ0n) is 11.5. The fourth-order valence-electron chi connectivity index (χ4n) is 2.10. The molecule has 3 nitrogen and oxygen atoms in total. The molecule has 3 N–H and O–H groups in total. The number of nitrogens with two attached hydrogens (primary N) is 1. The van der Waals surface area contributed by atoms with Crippen molar-refractivity contribution in [2.45, 2.75) is 32.7 Å². The molecule has 0 aliphatic carbocycles. The van der Waals surface area contributed by atoms with E-state index in [9.17, 15) is 4.79 Å². The SMILES string of the molecule is CC(C)CC(C)(CN)NC(=O)c1ccc(Cl)cc1Cl. The zero-order chi connectivity index (χ0) is 14.6. The van der Waals surface area contributed by atoms with Gasteiger partial charge in [0.25, 0.3) is 5.91 Å². The van der Waals surface area contributed by atoms with Crippen LogP contribution in [0.15, 0.2) is 18.2 Å². The maximum absolute atomic E-state index is 12.2. The number of amides is 1. The standard InChI is InChI=1S/C14H20Cl2N2O/c1-9(2)7-14(3,8-17)18-13(19)11-5-4-10(15)6-12(11)16/h4-6,9H,7-8,17H2,1-3H3,(H,18,19). The van der Waals surface area contributed by atoms with Gasteiger partial charge in [-0.2, -0.15) is 0 Å². The van der Waals surface area contributed by atoms with Crippen molar-refractivity contribution in [2.75, 3.05) is 6.54 Å². The summed E-state index contributed by atoms with van der Waals surface area (Å²) in [5.41, 5.74) is 5.75. The van der Waals surface area contributed by atoms with E-state index in [0.29, 0.717) is 28.1 Å². The van der Waals surface area contributed by atoms with Gasteiger partial charge in [-0.05, 0) is 37.5 Å². The highest BCUT2D eigenvalue weighted by atomic mass is 35.5. The largest absolute Gasteiger partial charge is 0.346 e. The molecular weight excluding hydrogens is 283 g/mol. The van der Waals surface area contributed by atoms with Crippen LogP contribution in [0.5, 0.6) is 0 Å². The molecule has 0 radical (unpaired) electrons. The maximum atomic E-state index is 12.2. The van der Waals surface area contributed by atoms with Crippen LogP contribution in [0.1, 0.15) is 37.6 Å². The number of hydrogen-bond acceptors (Lipinski definition) is 2. The van der Waals surface area contributed by atoms with Crippen LogP contribution in [-0.2, 0) is 0 Å². The Morgan fingerprint density at radius 2 is 2.05 bits per heavy atom. The van der Waals surface area contributed by atoms with Crippen molar-refractivity contribution in [3.05, 3.63) is 33.8 Å². The van der Waals surface area contributed by atoms with Gasteiger partial charge in [0.15, 0.2) is 0 Å². The number of carbonyl (C=O) groups excluding carboxylic acids is 1. The summed E-state index contributed by atoms with van der Waals surface area (Å²) < 4.78 is 0. The summed E-state index contributed by atoms with van der Waals surface area (Å²) in [7, 11) is 0. The average molecular weight is 303 g/mol.